The van der Waals surface area contributed by atoms with Gasteiger partial charge in [-0.1, -0.05) is 13.8 Å². The molecule has 0 radical (unpaired) electrons. The van der Waals surface area contributed by atoms with Crippen molar-refractivity contribution in [3.8, 4) is 0 Å². The Labute approximate surface area is 123 Å². The molecule has 6 nitrogen and oxygen atoms in total. The Kier molecular flexibility index (Phi) is 4.16. The Morgan fingerprint density at radius 1 is 1.48 bits per heavy atom. The van der Waals surface area contributed by atoms with Crippen LogP contribution in [0.2, 0.25) is 0 Å². The Morgan fingerprint density at radius 3 is 2.71 bits per heavy atom. The molecule has 0 aliphatic heterocycles. The van der Waals surface area contributed by atoms with Crippen LogP contribution in [-0.4, -0.2) is 24.0 Å². The summed E-state index contributed by atoms with van der Waals surface area (Å²) >= 11 is 0. The third-order valence-electron chi connectivity index (χ3n) is 3.94. The number of hydrogen-bond acceptors (Lipinski definition) is 5. The van der Waals surface area contributed by atoms with Crippen LogP contribution in [0.15, 0.2) is 18.2 Å². The number of nitro benzene ring substituents is 1. The van der Waals surface area contributed by atoms with Crippen molar-refractivity contribution in [2.24, 2.45) is 5.41 Å². The number of hydrogen-bond donors (Lipinski definition) is 1. The van der Waals surface area contributed by atoms with Crippen LogP contribution in [0, 0.1) is 15.5 Å². The third-order valence-corrected chi connectivity index (χ3v) is 3.94. The first-order valence-electron chi connectivity index (χ1n) is 6.96. The highest BCUT2D eigenvalue weighted by atomic mass is 16.6. The zero-order chi connectivity index (χ0) is 15.6. The molecule has 1 atom stereocenters. The van der Waals surface area contributed by atoms with E-state index in [1.54, 1.807) is 0 Å². The van der Waals surface area contributed by atoms with Gasteiger partial charge in [0.1, 0.15) is 5.69 Å². The van der Waals surface area contributed by atoms with E-state index >= 15 is 0 Å². The molecule has 2 rings (SSSR count). The second-order valence-electron chi connectivity index (χ2n) is 6.23. The number of rotatable bonds is 4. The molecular formula is C15H20N2O4. The van der Waals surface area contributed by atoms with Crippen LogP contribution < -0.4 is 5.32 Å². The Hall–Kier alpha value is -2.11. The molecule has 1 unspecified atom stereocenters. The standard InChI is InChI=1S/C15H20N2O4/c1-15(2)7-6-11(9-15)16-12-8-10(14(18)21-3)4-5-13(12)17(19)20/h4-5,8,11,16H,6-7,9H2,1-3H3. The topological polar surface area (TPSA) is 81.5 Å². The number of carbonyl (C=O) groups excluding carboxylic acids is 1. The molecule has 0 spiro atoms. The van der Waals surface area contributed by atoms with Gasteiger partial charge in [0.25, 0.3) is 5.69 Å². The predicted molar refractivity (Wildman–Crippen MR) is 79.5 cm³/mol. The van der Waals surface area contributed by atoms with Crippen molar-refractivity contribution in [2.45, 2.75) is 39.2 Å². The maximum absolute atomic E-state index is 11.6. The van der Waals surface area contributed by atoms with Crippen LogP contribution in [0.3, 0.4) is 0 Å². The van der Waals surface area contributed by atoms with Crippen LogP contribution >= 0.6 is 0 Å². The number of nitro groups is 1. The van der Waals surface area contributed by atoms with Gasteiger partial charge in [0, 0.05) is 12.1 Å². The van der Waals surface area contributed by atoms with E-state index in [0.29, 0.717) is 11.3 Å². The van der Waals surface area contributed by atoms with E-state index in [4.69, 9.17) is 0 Å². The van der Waals surface area contributed by atoms with E-state index in [1.165, 1.54) is 25.3 Å². The molecule has 1 N–H and O–H groups in total. The molecule has 0 heterocycles. The second kappa shape index (κ2) is 5.71. The van der Waals surface area contributed by atoms with Gasteiger partial charge >= 0.3 is 5.97 Å². The van der Waals surface area contributed by atoms with Gasteiger partial charge in [0.05, 0.1) is 17.6 Å². The fourth-order valence-corrected chi connectivity index (χ4v) is 2.83. The first-order valence-corrected chi connectivity index (χ1v) is 6.96. The minimum absolute atomic E-state index is 0.0210. The summed E-state index contributed by atoms with van der Waals surface area (Å²) in [6.07, 6.45) is 2.99. The molecule has 0 saturated heterocycles. The number of carbonyl (C=O) groups is 1. The van der Waals surface area contributed by atoms with Crippen molar-refractivity contribution < 1.29 is 14.5 Å². The molecule has 1 aromatic carbocycles. The van der Waals surface area contributed by atoms with Crippen molar-refractivity contribution >= 4 is 17.3 Å². The maximum atomic E-state index is 11.6. The largest absolute Gasteiger partial charge is 0.465 e. The molecule has 1 fully saturated rings. The third kappa shape index (κ3) is 3.51. The molecule has 114 valence electrons. The minimum atomic E-state index is -0.500. The van der Waals surface area contributed by atoms with Gasteiger partial charge in [-0.15, -0.1) is 0 Å². The predicted octanol–water partition coefficient (Wildman–Crippen LogP) is 3.37. The number of methoxy groups -OCH3 is 1. The van der Waals surface area contributed by atoms with Gasteiger partial charge in [0.15, 0.2) is 0 Å². The monoisotopic (exact) mass is 292 g/mol. The molecule has 1 saturated carbocycles. The molecule has 1 aromatic rings. The van der Waals surface area contributed by atoms with Gasteiger partial charge < -0.3 is 10.1 Å². The molecule has 6 heteroatoms. The molecule has 21 heavy (non-hydrogen) atoms. The minimum Gasteiger partial charge on any atom is -0.465 e. The van der Waals surface area contributed by atoms with Crippen LogP contribution in [-0.2, 0) is 4.74 Å². The average molecular weight is 292 g/mol. The summed E-state index contributed by atoms with van der Waals surface area (Å²) in [5.74, 6) is -0.500. The summed E-state index contributed by atoms with van der Waals surface area (Å²) in [5, 5.41) is 14.3. The van der Waals surface area contributed by atoms with Gasteiger partial charge in [-0.25, -0.2) is 4.79 Å². The number of nitrogens with one attached hydrogen (secondary N) is 1. The highest BCUT2D eigenvalue weighted by molar-refractivity contribution is 5.91. The lowest BCUT2D eigenvalue weighted by Crippen LogP contribution is -2.18. The quantitative estimate of drug-likeness (QED) is 0.522. The molecule has 1 aliphatic rings. The number of nitrogens with zero attached hydrogens (tertiary/aromatic N) is 1. The maximum Gasteiger partial charge on any atom is 0.337 e. The zero-order valence-electron chi connectivity index (χ0n) is 12.5. The van der Waals surface area contributed by atoms with Crippen molar-refractivity contribution in [3.63, 3.8) is 0 Å². The number of esters is 1. The second-order valence-corrected chi connectivity index (χ2v) is 6.23. The summed E-state index contributed by atoms with van der Waals surface area (Å²) in [4.78, 5) is 22.2. The fourth-order valence-electron chi connectivity index (χ4n) is 2.83. The Balaban J connectivity index is 2.27. The normalized spacial score (nSPS) is 20.0. The Bertz CT molecular complexity index is 569. The molecule has 0 bridgehead atoms. The summed E-state index contributed by atoms with van der Waals surface area (Å²) in [5.41, 5.74) is 0.910. The average Bonchev–Trinajstić information content (AvgIpc) is 2.76. The molecular weight excluding hydrogens is 272 g/mol. The number of anilines is 1. The van der Waals surface area contributed by atoms with Crippen LogP contribution in [0.5, 0.6) is 0 Å². The molecule has 1 aliphatic carbocycles. The van der Waals surface area contributed by atoms with Gasteiger partial charge in [-0.3, -0.25) is 10.1 Å². The SMILES string of the molecule is COC(=O)c1ccc([N+](=O)[O-])c(NC2CCC(C)(C)C2)c1. The first kappa shape index (κ1) is 15.3. The van der Waals surface area contributed by atoms with E-state index in [1.807, 2.05) is 0 Å². The van der Waals surface area contributed by atoms with Crippen molar-refractivity contribution in [2.75, 3.05) is 12.4 Å². The van der Waals surface area contributed by atoms with Crippen LogP contribution in [0.4, 0.5) is 11.4 Å². The lowest BCUT2D eigenvalue weighted by Gasteiger charge is -2.18. The summed E-state index contributed by atoms with van der Waals surface area (Å²) in [6, 6.07) is 4.43. The lowest BCUT2D eigenvalue weighted by molar-refractivity contribution is -0.384. The number of benzene rings is 1. The number of ether oxygens (including phenoxy) is 1. The van der Waals surface area contributed by atoms with Gasteiger partial charge in [-0.05, 0) is 36.8 Å². The highest BCUT2D eigenvalue weighted by Crippen LogP contribution is 2.39. The van der Waals surface area contributed by atoms with Gasteiger partial charge in [-0.2, -0.15) is 0 Å². The van der Waals surface area contributed by atoms with Crippen LogP contribution in [0.1, 0.15) is 43.5 Å². The van der Waals surface area contributed by atoms with Gasteiger partial charge in [0.2, 0.25) is 0 Å². The van der Waals surface area contributed by atoms with E-state index in [9.17, 15) is 14.9 Å². The van der Waals surface area contributed by atoms with E-state index in [0.717, 1.165) is 19.3 Å². The first-order chi connectivity index (χ1) is 9.82. The van der Waals surface area contributed by atoms with E-state index in [-0.39, 0.29) is 17.1 Å². The highest BCUT2D eigenvalue weighted by Gasteiger charge is 2.32. The fraction of sp³-hybridized carbons (Fsp3) is 0.533. The van der Waals surface area contributed by atoms with E-state index < -0.39 is 10.9 Å². The molecule has 0 aromatic heterocycles. The summed E-state index contributed by atoms with van der Waals surface area (Å²) < 4.78 is 4.66. The Morgan fingerprint density at radius 2 is 2.19 bits per heavy atom. The summed E-state index contributed by atoms with van der Waals surface area (Å²) in [7, 11) is 1.29. The summed E-state index contributed by atoms with van der Waals surface area (Å²) in [6.45, 7) is 4.38. The van der Waals surface area contributed by atoms with Crippen molar-refractivity contribution in [1.82, 2.24) is 0 Å². The van der Waals surface area contributed by atoms with E-state index in [2.05, 4.69) is 23.9 Å². The van der Waals surface area contributed by atoms with Crippen molar-refractivity contribution in [1.29, 1.82) is 0 Å². The molecule has 0 amide bonds. The smallest absolute Gasteiger partial charge is 0.337 e. The van der Waals surface area contributed by atoms with Crippen LogP contribution in [0.25, 0.3) is 0 Å². The van der Waals surface area contributed by atoms with Crippen molar-refractivity contribution in [3.05, 3.63) is 33.9 Å². The zero-order valence-corrected chi connectivity index (χ0v) is 12.5. The lowest BCUT2D eigenvalue weighted by atomic mass is 9.92.